The number of ketones is 2. The highest BCUT2D eigenvalue weighted by Crippen LogP contribution is 1.94. The molecule has 0 spiro atoms. The number of carboxylic acids is 2. The molecule has 0 aromatic rings. The summed E-state index contributed by atoms with van der Waals surface area (Å²) in [7, 11) is 0. The van der Waals surface area contributed by atoms with E-state index in [0.29, 0.717) is 6.10 Å². The molecule has 0 aromatic heterocycles. The Labute approximate surface area is 133 Å². The zero-order chi connectivity index (χ0) is 17.7. The molecule has 0 saturated heterocycles. The van der Waals surface area contributed by atoms with E-state index in [0.717, 1.165) is 0 Å². The summed E-state index contributed by atoms with van der Waals surface area (Å²) in [4.78, 5) is 40.2. The van der Waals surface area contributed by atoms with Crippen molar-refractivity contribution in [3.05, 3.63) is 0 Å². The van der Waals surface area contributed by atoms with Crippen LogP contribution in [-0.4, -0.2) is 56.4 Å². The predicted octanol–water partition coefficient (Wildman–Crippen LogP) is 1.09. The minimum absolute atomic E-state index is 0.308. The number of Topliss-reactive ketones (excluding diaryl/α,β-unsaturated/α-hetero) is 2. The predicted molar refractivity (Wildman–Crippen MR) is 76.9 cm³/mol. The lowest BCUT2D eigenvalue weighted by Crippen LogP contribution is -2.16. The molecule has 2 radical (unpaired) electrons. The molecule has 8 heteroatoms. The van der Waals surface area contributed by atoms with Gasteiger partial charge in [-0.15, -0.1) is 0 Å². The highest BCUT2D eigenvalue weighted by atomic mass is 27.1. The molecule has 0 heterocycles. The summed E-state index contributed by atoms with van der Waals surface area (Å²) >= 11 is 2.19. The van der Waals surface area contributed by atoms with Gasteiger partial charge in [0.15, 0.2) is 0 Å². The van der Waals surface area contributed by atoms with Crippen molar-refractivity contribution < 1.29 is 33.2 Å². The van der Waals surface area contributed by atoms with Crippen LogP contribution in [0.5, 0.6) is 0 Å². The summed E-state index contributed by atoms with van der Waals surface area (Å²) in [6.07, 6.45) is 0.347. The van der Waals surface area contributed by atoms with Gasteiger partial charge in [0.05, 0.1) is 0 Å². The number of hydrogen-bond acceptors (Lipinski definition) is 5. The minimum atomic E-state index is -1.06. The van der Waals surface area contributed by atoms with Crippen LogP contribution < -0.4 is 0 Å². The van der Waals surface area contributed by atoms with Gasteiger partial charge in [0, 0.05) is 6.10 Å². The van der Waals surface area contributed by atoms with Crippen LogP contribution in [-0.2, 0) is 23.0 Å². The molecule has 0 rings (SSSR count). The second kappa shape index (κ2) is 13.7. The Hall–Kier alpha value is -1.23. The zero-order valence-electron chi connectivity index (χ0n) is 13.2. The van der Waals surface area contributed by atoms with Gasteiger partial charge in [0.25, 0.3) is 0 Å². The van der Waals surface area contributed by atoms with Crippen molar-refractivity contribution in [3.8, 4) is 0 Å². The average Bonchev–Trinajstić information content (AvgIpc) is 2.37. The molecule has 0 amide bonds. The Balaban J connectivity index is -0.000000239. The first-order valence-corrected chi connectivity index (χ1v) is 6.67. The summed E-state index contributed by atoms with van der Waals surface area (Å²) in [6, 6.07) is 0. The Bertz CT molecular complexity index is 294. The van der Waals surface area contributed by atoms with E-state index >= 15 is 0 Å². The van der Waals surface area contributed by atoms with Crippen molar-refractivity contribution in [1.82, 2.24) is 0 Å². The first-order chi connectivity index (χ1) is 9.38. The molecule has 0 aliphatic heterocycles. The van der Waals surface area contributed by atoms with E-state index in [1.165, 1.54) is 27.7 Å². The molecule has 7 nitrogen and oxygen atoms in total. The molecule has 0 aliphatic rings. The van der Waals surface area contributed by atoms with Crippen LogP contribution in [0.1, 0.15) is 41.5 Å². The maximum absolute atomic E-state index is 10.2. The number of aliphatic carboxylic acids is 2. The van der Waals surface area contributed by atoms with Crippen molar-refractivity contribution in [2.75, 3.05) is 0 Å². The van der Waals surface area contributed by atoms with Crippen molar-refractivity contribution in [2.45, 2.75) is 47.6 Å². The Morgan fingerprint density at radius 3 is 1.00 bits per heavy atom. The van der Waals surface area contributed by atoms with E-state index in [1.807, 2.05) is 13.8 Å². The Kier molecular flexibility index (Phi) is 16.2. The second-order valence-electron chi connectivity index (χ2n) is 4.53. The lowest BCUT2D eigenvalue weighted by Gasteiger charge is -1.98. The van der Waals surface area contributed by atoms with Crippen LogP contribution in [0.3, 0.4) is 0 Å². The van der Waals surface area contributed by atoms with Crippen molar-refractivity contribution >= 4 is 40.1 Å². The summed E-state index contributed by atoms with van der Waals surface area (Å²) < 4.78 is 4.67. The van der Waals surface area contributed by atoms with Gasteiger partial charge < -0.3 is 14.0 Å². The fourth-order valence-corrected chi connectivity index (χ4v) is 0.348. The number of rotatable bonds is 5. The molecule has 2 N–H and O–H groups in total. The molecule has 21 heavy (non-hydrogen) atoms. The smallest absolute Gasteiger partial charge is 0.369 e. The summed E-state index contributed by atoms with van der Waals surface area (Å²) in [5, 5.41) is 16.3. The SMILES string of the molecule is CC(=O)C(C)C(=O)O.CC(=O)C(C)C(=O)O.CC(C)[O][Al]. The molecular formula is C13H23AlO7. The lowest BCUT2D eigenvalue weighted by atomic mass is 10.1. The van der Waals surface area contributed by atoms with Crippen molar-refractivity contribution in [1.29, 1.82) is 0 Å². The molecule has 0 aromatic carbocycles. The summed E-state index contributed by atoms with van der Waals surface area (Å²) in [6.45, 7) is 9.22. The third-order valence-electron chi connectivity index (χ3n) is 2.23. The van der Waals surface area contributed by atoms with Crippen molar-refractivity contribution in [3.63, 3.8) is 0 Å². The van der Waals surface area contributed by atoms with Gasteiger partial charge in [0.2, 0.25) is 0 Å². The van der Waals surface area contributed by atoms with Gasteiger partial charge in [-0.25, -0.2) is 0 Å². The molecule has 0 saturated carbocycles. The first-order valence-electron chi connectivity index (χ1n) is 6.20. The lowest BCUT2D eigenvalue weighted by molar-refractivity contribution is -0.146. The number of carboxylic acid groups (broad SMARTS) is 2. The number of hydrogen-bond donors (Lipinski definition) is 2. The largest absolute Gasteiger partial charge is 0.514 e. The van der Waals surface area contributed by atoms with E-state index < -0.39 is 23.8 Å². The monoisotopic (exact) mass is 318 g/mol. The zero-order valence-corrected chi connectivity index (χ0v) is 14.4. The van der Waals surface area contributed by atoms with Crippen LogP contribution >= 0.6 is 0 Å². The van der Waals surface area contributed by atoms with Gasteiger partial charge in [-0.2, -0.15) is 0 Å². The van der Waals surface area contributed by atoms with E-state index in [1.54, 1.807) is 0 Å². The van der Waals surface area contributed by atoms with Gasteiger partial charge in [0.1, 0.15) is 23.4 Å². The number of carbonyl (C=O) groups excluding carboxylic acids is 2. The topological polar surface area (TPSA) is 118 Å². The third-order valence-corrected chi connectivity index (χ3v) is 2.78. The highest BCUT2D eigenvalue weighted by Gasteiger charge is 2.15. The van der Waals surface area contributed by atoms with Crippen LogP contribution in [0.15, 0.2) is 0 Å². The van der Waals surface area contributed by atoms with Gasteiger partial charge >= 0.3 is 28.6 Å². The Morgan fingerprint density at radius 2 is 1.00 bits per heavy atom. The molecule has 0 aliphatic carbocycles. The fourth-order valence-electron chi connectivity index (χ4n) is 0.348. The van der Waals surface area contributed by atoms with Crippen LogP contribution in [0, 0.1) is 11.8 Å². The van der Waals surface area contributed by atoms with Gasteiger partial charge in [-0.1, -0.05) is 0 Å². The van der Waals surface area contributed by atoms with Crippen LogP contribution in [0.4, 0.5) is 0 Å². The summed E-state index contributed by atoms with van der Waals surface area (Å²) in [5.74, 6) is -4.44. The Morgan fingerprint density at radius 1 is 0.810 bits per heavy atom. The minimum Gasteiger partial charge on any atom is -0.514 e. The van der Waals surface area contributed by atoms with Gasteiger partial charge in [-0.05, 0) is 41.5 Å². The molecule has 2 unspecified atom stereocenters. The van der Waals surface area contributed by atoms with Crippen molar-refractivity contribution in [2.24, 2.45) is 11.8 Å². The quantitative estimate of drug-likeness (QED) is 0.575. The van der Waals surface area contributed by atoms with E-state index in [4.69, 9.17) is 10.2 Å². The molecule has 0 bridgehead atoms. The summed E-state index contributed by atoms with van der Waals surface area (Å²) in [5.41, 5.74) is 0. The van der Waals surface area contributed by atoms with E-state index in [9.17, 15) is 19.2 Å². The maximum Gasteiger partial charge on any atom is 0.369 e. The van der Waals surface area contributed by atoms with E-state index in [2.05, 4.69) is 20.4 Å². The third kappa shape index (κ3) is 18.8. The molecule has 0 fully saturated rings. The second-order valence-corrected chi connectivity index (χ2v) is 4.80. The molecule has 120 valence electrons. The normalized spacial score (nSPS) is 12.0. The van der Waals surface area contributed by atoms with Crippen LogP contribution in [0.2, 0.25) is 0 Å². The number of carbonyl (C=O) groups is 4. The standard InChI is InChI=1S/2C5H8O3.C3H7O.Al/c2*1-3(4(2)6)5(7)8;1-3(2)4;/h2*3H,1-2H3,(H,7,8);3H,1-2H3;/q;;-1;+1. The average molecular weight is 318 g/mol. The van der Waals surface area contributed by atoms with E-state index in [-0.39, 0.29) is 11.6 Å². The van der Waals surface area contributed by atoms with Crippen LogP contribution in [0.25, 0.3) is 0 Å². The highest BCUT2D eigenvalue weighted by molar-refractivity contribution is 5.98. The van der Waals surface area contributed by atoms with Gasteiger partial charge in [-0.3, -0.25) is 19.2 Å². The molecular weight excluding hydrogens is 295 g/mol. The fraction of sp³-hybridized carbons (Fsp3) is 0.692. The maximum atomic E-state index is 10.2. The first kappa shape index (κ1) is 24.8. The molecule has 2 atom stereocenters.